The van der Waals surface area contributed by atoms with Gasteiger partial charge in [0.1, 0.15) is 6.10 Å². The summed E-state index contributed by atoms with van der Waals surface area (Å²) < 4.78 is 23.2. The molecule has 0 amide bonds. The Balaban J connectivity index is 2.17. The summed E-state index contributed by atoms with van der Waals surface area (Å²) in [5, 5.41) is 10.9. The van der Waals surface area contributed by atoms with Gasteiger partial charge in [-0.3, -0.25) is 0 Å². The first-order valence-electron chi connectivity index (χ1n) is 6.64. The zero-order chi connectivity index (χ0) is 15.5. The van der Waals surface area contributed by atoms with Crippen LogP contribution in [-0.2, 0) is 15.6 Å². The molecule has 0 aliphatic heterocycles. The monoisotopic (exact) mass is 324 g/mol. The molecular formula is C16H17ClO3S. The molecule has 112 valence electrons. The van der Waals surface area contributed by atoms with Gasteiger partial charge in [-0.15, -0.1) is 0 Å². The molecule has 0 aliphatic rings. The van der Waals surface area contributed by atoms with Gasteiger partial charge < -0.3 is 5.11 Å². The number of halogens is 1. The van der Waals surface area contributed by atoms with Crippen molar-refractivity contribution < 1.29 is 13.5 Å². The van der Waals surface area contributed by atoms with E-state index in [2.05, 4.69) is 0 Å². The summed E-state index contributed by atoms with van der Waals surface area (Å²) in [6.07, 6.45) is -0.751. The lowest BCUT2D eigenvalue weighted by atomic mass is 10.0. The molecule has 2 rings (SSSR count). The largest absolute Gasteiger partial charge is 0.384 e. The predicted octanol–water partition coefficient (Wildman–Crippen LogP) is 3.36. The maximum atomic E-state index is 11.6. The third kappa shape index (κ3) is 4.30. The van der Waals surface area contributed by atoms with E-state index < -0.39 is 15.9 Å². The maximum absolute atomic E-state index is 11.6. The fourth-order valence-electron chi connectivity index (χ4n) is 1.99. The van der Waals surface area contributed by atoms with Crippen LogP contribution < -0.4 is 0 Å². The standard InChI is InChI=1S/C16H17ClO3S/c1-2-21(19,20)11-12-3-5-13(6-4-12)16(18)14-7-9-15(17)10-8-14/h3-10,16,18H,2,11H2,1H3. The third-order valence-electron chi connectivity index (χ3n) is 3.31. The van der Waals surface area contributed by atoms with Crippen molar-refractivity contribution in [2.45, 2.75) is 18.8 Å². The van der Waals surface area contributed by atoms with E-state index in [1.54, 1.807) is 55.5 Å². The van der Waals surface area contributed by atoms with Crippen molar-refractivity contribution in [1.82, 2.24) is 0 Å². The van der Waals surface area contributed by atoms with Crippen LogP contribution in [0.5, 0.6) is 0 Å². The van der Waals surface area contributed by atoms with E-state index in [1.165, 1.54) is 0 Å². The quantitative estimate of drug-likeness (QED) is 0.917. The molecule has 0 spiro atoms. The summed E-state index contributed by atoms with van der Waals surface area (Å²) in [6.45, 7) is 1.63. The molecular weight excluding hydrogens is 308 g/mol. The Labute approximate surface area is 130 Å². The SMILES string of the molecule is CCS(=O)(=O)Cc1ccc(C(O)c2ccc(Cl)cc2)cc1. The van der Waals surface area contributed by atoms with Crippen molar-refractivity contribution in [1.29, 1.82) is 0 Å². The fraction of sp³-hybridized carbons (Fsp3) is 0.250. The zero-order valence-corrected chi connectivity index (χ0v) is 13.2. The van der Waals surface area contributed by atoms with Crippen molar-refractivity contribution in [2.24, 2.45) is 0 Å². The summed E-state index contributed by atoms with van der Waals surface area (Å²) >= 11 is 5.82. The van der Waals surface area contributed by atoms with E-state index in [1.807, 2.05) is 0 Å². The van der Waals surface area contributed by atoms with Crippen LogP contribution in [0, 0.1) is 0 Å². The lowest BCUT2D eigenvalue weighted by Gasteiger charge is -2.12. The van der Waals surface area contributed by atoms with E-state index in [0.717, 1.165) is 16.7 Å². The normalized spacial score (nSPS) is 13.1. The van der Waals surface area contributed by atoms with E-state index >= 15 is 0 Å². The summed E-state index contributed by atoms with van der Waals surface area (Å²) in [4.78, 5) is 0. The van der Waals surface area contributed by atoms with Crippen LogP contribution in [0.25, 0.3) is 0 Å². The molecule has 0 saturated heterocycles. The van der Waals surface area contributed by atoms with E-state index in [0.29, 0.717) is 5.02 Å². The second-order valence-corrected chi connectivity index (χ2v) is 7.66. The minimum absolute atomic E-state index is 0.0286. The van der Waals surface area contributed by atoms with Crippen molar-refractivity contribution in [2.75, 3.05) is 5.75 Å². The minimum Gasteiger partial charge on any atom is -0.384 e. The van der Waals surface area contributed by atoms with Gasteiger partial charge in [0, 0.05) is 10.8 Å². The lowest BCUT2D eigenvalue weighted by Crippen LogP contribution is -2.07. The smallest absolute Gasteiger partial charge is 0.154 e. The first-order chi connectivity index (χ1) is 9.91. The molecule has 3 nitrogen and oxygen atoms in total. The average molecular weight is 325 g/mol. The summed E-state index contributed by atoms with van der Waals surface area (Å²) in [5.41, 5.74) is 2.19. The third-order valence-corrected chi connectivity index (χ3v) is 5.21. The van der Waals surface area contributed by atoms with Crippen LogP contribution in [-0.4, -0.2) is 19.3 Å². The Kier molecular flexibility index (Phi) is 5.04. The molecule has 0 heterocycles. The van der Waals surface area contributed by atoms with Gasteiger partial charge >= 0.3 is 0 Å². The first-order valence-corrected chi connectivity index (χ1v) is 8.84. The van der Waals surface area contributed by atoms with Gasteiger partial charge in [-0.05, 0) is 28.8 Å². The molecule has 1 atom stereocenters. The molecule has 0 radical (unpaired) electrons. The molecule has 2 aromatic rings. The number of aliphatic hydroxyl groups is 1. The van der Waals surface area contributed by atoms with Crippen molar-refractivity contribution in [3.8, 4) is 0 Å². The molecule has 2 aromatic carbocycles. The number of hydrogen-bond donors (Lipinski definition) is 1. The molecule has 5 heteroatoms. The highest BCUT2D eigenvalue weighted by molar-refractivity contribution is 7.90. The Bertz CT molecular complexity index is 691. The number of sulfone groups is 1. The summed E-state index contributed by atoms with van der Waals surface area (Å²) in [7, 11) is -3.04. The topological polar surface area (TPSA) is 54.4 Å². The highest BCUT2D eigenvalue weighted by Crippen LogP contribution is 2.24. The second-order valence-electron chi connectivity index (χ2n) is 4.87. The molecule has 0 saturated carbocycles. The Morgan fingerprint density at radius 1 is 1.00 bits per heavy atom. The summed E-state index contributed by atoms with van der Waals surface area (Å²) in [5.74, 6) is 0.156. The lowest BCUT2D eigenvalue weighted by molar-refractivity contribution is 0.220. The second kappa shape index (κ2) is 6.60. The van der Waals surface area contributed by atoms with Crippen LogP contribution >= 0.6 is 11.6 Å². The number of hydrogen-bond acceptors (Lipinski definition) is 3. The van der Waals surface area contributed by atoms with Crippen LogP contribution in [0.15, 0.2) is 48.5 Å². The maximum Gasteiger partial charge on any atom is 0.154 e. The molecule has 1 N–H and O–H groups in total. The van der Waals surface area contributed by atoms with Crippen LogP contribution in [0.2, 0.25) is 5.02 Å². The average Bonchev–Trinajstić information content (AvgIpc) is 2.48. The van der Waals surface area contributed by atoms with Crippen LogP contribution in [0.1, 0.15) is 29.7 Å². The van der Waals surface area contributed by atoms with E-state index in [9.17, 15) is 13.5 Å². The summed E-state index contributed by atoms with van der Waals surface area (Å²) in [6, 6.07) is 14.0. The van der Waals surface area contributed by atoms with Gasteiger partial charge in [-0.1, -0.05) is 54.9 Å². The van der Waals surface area contributed by atoms with Crippen LogP contribution in [0.4, 0.5) is 0 Å². The molecule has 0 bridgehead atoms. The van der Waals surface area contributed by atoms with Gasteiger partial charge in [0.15, 0.2) is 9.84 Å². The predicted molar refractivity (Wildman–Crippen MR) is 85.1 cm³/mol. The molecule has 1 unspecified atom stereocenters. The van der Waals surface area contributed by atoms with Gasteiger partial charge in [-0.2, -0.15) is 0 Å². The van der Waals surface area contributed by atoms with E-state index in [-0.39, 0.29) is 11.5 Å². The minimum atomic E-state index is -3.04. The van der Waals surface area contributed by atoms with Crippen molar-refractivity contribution in [3.63, 3.8) is 0 Å². The number of rotatable bonds is 5. The highest BCUT2D eigenvalue weighted by Gasteiger charge is 2.12. The Morgan fingerprint density at radius 3 is 1.95 bits per heavy atom. The molecule has 0 fully saturated rings. The molecule has 21 heavy (non-hydrogen) atoms. The molecule has 0 aliphatic carbocycles. The first kappa shape index (κ1) is 16.0. The van der Waals surface area contributed by atoms with Gasteiger partial charge in [0.2, 0.25) is 0 Å². The molecule has 0 aromatic heterocycles. The van der Waals surface area contributed by atoms with Gasteiger partial charge in [0.05, 0.1) is 5.75 Å². The number of benzene rings is 2. The van der Waals surface area contributed by atoms with Crippen molar-refractivity contribution in [3.05, 3.63) is 70.2 Å². The van der Waals surface area contributed by atoms with E-state index in [4.69, 9.17) is 11.6 Å². The van der Waals surface area contributed by atoms with Gasteiger partial charge in [0.25, 0.3) is 0 Å². The Morgan fingerprint density at radius 2 is 1.48 bits per heavy atom. The number of aliphatic hydroxyl groups excluding tert-OH is 1. The van der Waals surface area contributed by atoms with Crippen LogP contribution in [0.3, 0.4) is 0 Å². The highest BCUT2D eigenvalue weighted by atomic mass is 35.5. The Hall–Kier alpha value is -1.36. The van der Waals surface area contributed by atoms with Gasteiger partial charge in [-0.25, -0.2) is 8.42 Å². The zero-order valence-electron chi connectivity index (χ0n) is 11.7. The fourth-order valence-corrected chi connectivity index (χ4v) is 3.02. The van der Waals surface area contributed by atoms with Crippen molar-refractivity contribution >= 4 is 21.4 Å².